The van der Waals surface area contributed by atoms with E-state index in [0.29, 0.717) is 17.4 Å². The standard InChI is InChI=1S/C56H109N2O6P/c1-6-8-10-12-14-16-18-20-22-24-26-27-28-29-30-31-32-34-36-38-40-42-44-46-48-50-56(60)57-54(53-64-65(61,62)63-52-51-58(3,4)5)55(59)49-47-45-43-41-39-37-35-33-25-23-21-19-17-15-13-11-9-7-2/h29-30,39,41,47,49,54-55,59H,6-28,31-38,40,42-46,48,50-53H2,1-5H3,(H-,57,60,61,62)/b30-29-,41-39+,49-47+. The van der Waals surface area contributed by atoms with Crippen molar-refractivity contribution in [2.75, 3.05) is 40.9 Å². The lowest BCUT2D eigenvalue weighted by Gasteiger charge is -2.29. The number of carbonyl (C=O) groups excluding carboxylic acids is 1. The maximum absolute atomic E-state index is 12.9. The van der Waals surface area contributed by atoms with Crippen molar-refractivity contribution in [1.29, 1.82) is 0 Å². The van der Waals surface area contributed by atoms with Crippen LogP contribution in [-0.4, -0.2) is 68.5 Å². The van der Waals surface area contributed by atoms with Crippen molar-refractivity contribution in [3.8, 4) is 0 Å². The summed E-state index contributed by atoms with van der Waals surface area (Å²) in [6.07, 6.45) is 60.7. The van der Waals surface area contributed by atoms with Gasteiger partial charge in [0.2, 0.25) is 5.91 Å². The molecular formula is C56H109N2O6P. The number of aliphatic hydroxyl groups is 1. The highest BCUT2D eigenvalue weighted by molar-refractivity contribution is 7.45. The molecule has 9 heteroatoms. The molecule has 2 N–H and O–H groups in total. The highest BCUT2D eigenvalue weighted by atomic mass is 31.2. The van der Waals surface area contributed by atoms with Crippen molar-refractivity contribution < 1.29 is 32.9 Å². The lowest BCUT2D eigenvalue weighted by molar-refractivity contribution is -0.870. The normalized spacial score (nSPS) is 14.3. The number of nitrogens with zero attached hydrogens (tertiary/aromatic N) is 1. The number of likely N-dealkylation sites (N-methyl/N-ethyl adjacent to an activating group) is 1. The zero-order valence-corrected chi connectivity index (χ0v) is 44.6. The summed E-state index contributed by atoms with van der Waals surface area (Å²) >= 11 is 0. The SMILES string of the molecule is CCCCCCCCCCCCCC/C=C\CCCCCCCCCCCC(=O)NC(COP(=O)([O-])OCC[N+](C)(C)C)C(O)/C=C/CC/C=C/CCCCCCCCCCCCCC. The van der Waals surface area contributed by atoms with Gasteiger partial charge in [0, 0.05) is 6.42 Å². The van der Waals surface area contributed by atoms with E-state index in [2.05, 4.69) is 43.5 Å². The van der Waals surface area contributed by atoms with E-state index < -0.39 is 26.6 Å². The van der Waals surface area contributed by atoms with Crippen LogP contribution in [0.2, 0.25) is 0 Å². The first kappa shape index (κ1) is 63.7. The van der Waals surface area contributed by atoms with E-state index in [9.17, 15) is 19.4 Å². The molecule has 8 nitrogen and oxygen atoms in total. The molecule has 0 radical (unpaired) electrons. The summed E-state index contributed by atoms with van der Waals surface area (Å²) in [4.78, 5) is 25.5. The van der Waals surface area contributed by atoms with Gasteiger partial charge in [-0.25, -0.2) is 0 Å². The minimum absolute atomic E-state index is 0.00618. The lowest BCUT2D eigenvalue weighted by atomic mass is 10.0. The Labute approximate surface area is 404 Å². The molecule has 1 amide bonds. The highest BCUT2D eigenvalue weighted by Gasteiger charge is 2.23. The van der Waals surface area contributed by atoms with Crippen LogP contribution in [0, 0.1) is 0 Å². The molecule has 0 aromatic rings. The number of hydrogen-bond acceptors (Lipinski definition) is 6. The van der Waals surface area contributed by atoms with Gasteiger partial charge in [-0.1, -0.05) is 237 Å². The van der Waals surface area contributed by atoms with E-state index in [-0.39, 0.29) is 12.5 Å². The van der Waals surface area contributed by atoms with Gasteiger partial charge in [-0.15, -0.1) is 0 Å². The number of allylic oxidation sites excluding steroid dienone is 5. The fourth-order valence-corrected chi connectivity index (χ4v) is 8.89. The minimum atomic E-state index is -4.60. The maximum atomic E-state index is 12.9. The molecule has 0 aliphatic carbocycles. The molecule has 0 heterocycles. The smallest absolute Gasteiger partial charge is 0.268 e. The van der Waals surface area contributed by atoms with Gasteiger partial charge in [-0.05, 0) is 57.8 Å². The third-order valence-corrected chi connectivity index (χ3v) is 13.5. The summed E-state index contributed by atoms with van der Waals surface area (Å²) in [6, 6.07) is -0.904. The van der Waals surface area contributed by atoms with Crippen LogP contribution in [0.15, 0.2) is 36.5 Å². The number of quaternary nitrogens is 1. The summed E-state index contributed by atoms with van der Waals surface area (Å²) in [5.74, 6) is -0.207. The van der Waals surface area contributed by atoms with Crippen molar-refractivity contribution in [3.63, 3.8) is 0 Å². The minimum Gasteiger partial charge on any atom is -0.756 e. The Bertz CT molecular complexity index is 1150. The van der Waals surface area contributed by atoms with Gasteiger partial charge in [0.1, 0.15) is 13.2 Å². The summed E-state index contributed by atoms with van der Waals surface area (Å²) < 4.78 is 23.3. The molecule has 0 aliphatic heterocycles. The van der Waals surface area contributed by atoms with Crippen molar-refractivity contribution >= 4 is 13.7 Å². The van der Waals surface area contributed by atoms with Gasteiger partial charge < -0.3 is 28.8 Å². The largest absolute Gasteiger partial charge is 0.756 e. The molecule has 0 fully saturated rings. The predicted molar refractivity (Wildman–Crippen MR) is 279 cm³/mol. The van der Waals surface area contributed by atoms with Crippen LogP contribution in [0.25, 0.3) is 0 Å². The van der Waals surface area contributed by atoms with E-state index in [1.54, 1.807) is 6.08 Å². The Morgan fingerprint density at radius 1 is 0.523 bits per heavy atom. The number of unbranched alkanes of at least 4 members (excludes halogenated alkanes) is 34. The molecule has 0 saturated heterocycles. The summed E-state index contributed by atoms with van der Waals surface area (Å²) in [5, 5.41) is 13.8. The number of rotatable bonds is 51. The summed E-state index contributed by atoms with van der Waals surface area (Å²) in [5.41, 5.74) is 0. The fourth-order valence-electron chi connectivity index (χ4n) is 8.17. The third kappa shape index (κ3) is 50.4. The fraction of sp³-hybridized carbons (Fsp3) is 0.875. The van der Waals surface area contributed by atoms with Gasteiger partial charge in [0.05, 0.1) is 39.9 Å². The first-order chi connectivity index (χ1) is 31.5. The molecule has 0 aromatic heterocycles. The third-order valence-electron chi connectivity index (χ3n) is 12.6. The quantitative estimate of drug-likeness (QED) is 0.0272. The Kier molecular flexibility index (Phi) is 46.8. The average Bonchev–Trinajstić information content (AvgIpc) is 3.26. The average molecular weight is 937 g/mol. The molecule has 0 bridgehead atoms. The zero-order valence-electron chi connectivity index (χ0n) is 43.7. The zero-order chi connectivity index (χ0) is 47.8. The topological polar surface area (TPSA) is 108 Å². The van der Waals surface area contributed by atoms with Crippen LogP contribution in [0.3, 0.4) is 0 Å². The van der Waals surface area contributed by atoms with Gasteiger partial charge >= 0.3 is 0 Å². The Hall–Kier alpha value is -1.28. The molecule has 0 aromatic carbocycles. The van der Waals surface area contributed by atoms with E-state index >= 15 is 0 Å². The molecule has 0 rings (SSSR count). The van der Waals surface area contributed by atoms with Crippen molar-refractivity contribution in [2.24, 2.45) is 0 Å². The van der Waals surface area contributed by atoms with E-state index in [1.807, 2.05) is 27.2 Å². The Balaban J connectivity index is 4.25. The second-order valence-corrected chi connectivity index (χ2v) is 21.7. The number of phosphoric ester groups is 1. The Morgan fingerprint density at radius 3 is 1.25 bits per heavy atom. The molecule has 0 spiro atoms. The monoisotopic (exact) mass is 937 g/mol. The van der Waals surface area contributed by atoms with Gasteiger partial charge in [0.25, 0.3) is 7.82 Å². The van der Waals surface area contributed by atoms with Gasteiger partial charge in [0.15, 0.2) is 0 Å². The molecule has 0 aliphatic rings. The highest BCUT2D eigenvalue weighted by Crippen LogP contribution is 2.38. The van der Waals surface area contributed by atoms with Crippen LogP contribution in [0.1, 0.15) is 264 Å². The van der Waals surface area contributed by atoms with E-state index in [1.165, 1.54) is 205 Å². The van der Waals surface area contributed by atoms with Crippen molar-refractivity contribution in [1.82, 2.24) is 5.32 Å². The van der Waals surface area contributed by atoms with Crippen LogP contribution < -0.4 is 10.2 Å². The number of carbonyl (C=O) groups is 1. The number of phosphoric acid groups is 1. The number of nitrogens with one attached hydrogen (secondary N) is 1. The molecule has 65 heavy (non-hydrogen) atoms. The van der Waals surface area contributed by atoms with Crippen LogP contribution >= 0.6 is 7.82 Å². The molecule has 3 atom stereocenters. The second-order valence-electron chi connectivity index (χ2n) is 20.3. The lowest BCUT2D eigenvalue weighted by Crippen LogP contribution is -2.45. The first-order valence-electron chi connectivity index (χ1n) is 27.9. The Morgan fingerprint density at radius 2 is 0.862 bits per heavy atom. The van der Waals surface area contributed by atoms with Crippen LogP contribution in [-0.2, 0) is 18.4 Å². The molecular weight excluding hydrogens is 828 g/mol. The maximum Gasteiger partial charge on any atom is 0.268 e. The summed E-state index contributed by atoms with van der Waals surface area (Å²) in [7, 11) is 1.25. The number of aliphatic hydroxyl groups excluding tert-OH is 1. The van der Waals surface area contributed by atoms with E-state index in [0.717, 1.165) is 38.5 Å². The van der Waals surface area contributed by atoms with Crippen LogP contribution in [0.4, 0.5) is 0 Å². The van der Waals surface area contributed by atoms with Crippen molar-refractivity contribution in [3.05, 3.63) is 36.5 Å². The molecule has 3 unspecified atom stereocenters. The number of amides is 1. The van der Waals surface area contributed by atoms with Crippen LogP contribution in [0.5, 0.6) is 0 Å². The first-order valence-corrected chi connectivity index (χ1v) is 29.3. The van der Waals surface area contributed by atoms with Gasteiger partial charge in [-0.3, -0.25) is 9.36 Å². The van der Waals surface area contributed by atoms with E-state index in [4.69, 9.17) is 9.05 Å². The molecule has 384 valence electrons. The van der Waals surface area contributed by atoms with Crippen molar-refractivity contribution in [2.45, 2.75) is 276 Å². The second kappa shape index (κ2) is 47.8. The molecule has 0 saturated carbocycles. The predicted octanol–water partition coefficient (Wildman–Crippen LogP) is 16.0. The van der Waals surface area contributed by atoms with Gasteiger partial charge in [-0.2, -0.15) is 0 Å². The number of hydrogen-bond donors (Lipinski definition) is 2. The summed E-state index contributed by atoms with van der Waals surface area (Å²) in [6.45, 7) is 4.65.